The molecule has 1 aromatic heterocycles. The summed E-state index contributed by atoms with van der Waals surface area (Å²) in [6.45, 7) is 8.59. The van der Waals surface area contributed by atoms with Gasteiger partial charge in [-0.05, 0) is 68.6 Å². The fourth-order valence-electron chi connectivity index (χ4n) is 7.80. The van der Waals surface area contributed by atoms with Gasteiger partial charge in [0.25, 0.3) is 0 Å². The van der Waals surface area contributed by atoms with E-state index < -0.39 is 0 Å². The second kappa shape index (κ2) is 11.3. The van der Waals surface area contributed by atoms with Crippen LogP contribution in [0.1, 0.15) is 55.8 Å². The van der Waals surface area contributed by atoms with E-state index in [9.17, 15) is 4.79 Å². The van der Waals surface area contributed by atoms with Crippen LogP contribution >= 0.6 is 0 Å². The van der Waals surface area contributed by atoms with Crippen LogP contribution in [0, 0.1) is 0 Å². The van der Waals surface area contributed by atoms with Crippen molar-refractivity contribution in [3.63, 3.8) is 0 Å². The molecule has 4 aliphatic heterocycles. The molecule has 9 heteroatoms. The quantitative estimate of drug-likeness (QED) is 0.437. The topological polar surface area (TPSA) is 97.1 Å². The fourth-order valence-corrected chi connectivity index (χ4v) is 7.80. The summed E-state index contributed by atoms with van der Waals surface area (Å²) < 4.78 is 12.4. The van der Waals surface area contributed by atoms with E-state index in [2.05, 4.69) is 58.0 Å². The number of benzene rings is 2. The highest BCUT2D eigenvalue weighted by Crippen LogP contribution is 2.40. The SMILES string of the molecule is CCc1cccc2cccc(N3CCc4c(nc(OCC56CCCN5CCC6)nc4N4CCOC(CC(N)=O)C4)C3)c12. The lowest BCUT2D eigenvalue weighted by atomic mass is 9.95. The number of carbonyl (C=O) groups excluding carboxylic acids is 1. The van der Waals surface area contributed by atoms with E-state index in [1.807, 2.05) is 0 Å². The van der Waals surface area contributed by atoms with E-state index in [1.54, 1.807) is 0 Å². The van der Waals surface area contributed by atoms with Crippen LogP contribution in [0.3, 0.4) is 0 Å². The summed E-state index contributed by atoms with van der Waals surface area (Å²) in [5.41, 5.74) is 10.5. The van der Waals surface area contributed by atoms with Crippen molar-refractivity contribution in [3.05, 3.63) is 53.2 Å². The van der Waals surface area contributed by atoms with E-state index in [0.717, 1.165) is 44.0 Å². The number of primary amides is 1. The number of amides is 1. The molecule has 0 aliphatic carbocycles. The number of ether oxygens (including phenoxy) is 2. The summed E-state index contributed by atoms with van der Waals surface area (Å²) in [6.07, 6.45) is 6.62. The Balaban J connectivity index is 1.23. The molecule has 1 atom stereocenters. The monoisotopic (exact) mass is 570 g/mol. The highest BCUT2D eigenvalue weighted by Gasteiger charge is 2.45. The zero-order valence-electron chi connectivity index (χ0n) is 24.7. The molecule has 2 N–H and O–H groups in total. The maximum absolute atomic E-state index is 11.7. The van der Waals surface area contributed by atoms with Crippen LogP contribution in [0.2, 0.25) is 0 Å². The molecule has 0 bridgehead atoms. The minimum absolute atomic E-state index is 0.122. The first-order chi connectivity index (χ1) is 20.5. The Labute approximate surface area is 248 Å². The number of hydrogen-bond acceptors (Lipinski definition) is 8. The second-order valence-corrected chi connectivity index (χ2v) is 12.4. The van der Waals surface area contributed by atoms with Crippen LogP contribution in [0.4, 0.5) is 11.5 Å². The average Bonchev–Trinajstić information content (AvgIpc) is 3.59. The van der Waals surface area contributed by atoms with Gasteiger partial charge in [0.2, 0.25) is 5.91 Å². The predicted octanol–water partition coefficient (Wildman–Crippen LogP) is 3.84. The molecule has 5 heterocycles. The van der Waals surface area contributed by atoms with Crippen molar-refractivity contribution in [1.29, 1.82) is 0 Å². The Bertz CT molecular complexity index is 1460. The van der Waals surface area contributed by atoms with Gasteiger partial charge in [-0.1, -0.05) is 37.3 Å². The Morgan fingerprint density at radius 1 is 1.07 bits per heavy atom. The number of anilines is 2. The van der Waals surface area contributed by atoms with E-state index in [4.69, 9.17) is 25.2 Å². The molecule has 7 rings (SSSR count). The van der Waals surface area contributed by atoms with Crippen molar-refractivity contribution in [3.8, 4) is 6.01 Å². The van der Waals surface area contributed by atoms with Crippen molar-refractivity contribution in [2.24, 2.45) is 5.73 Å². The van der Waals surface area contributed by atoms with E-state index in [0.29, 0.717) is 38.9 Å². The predicted molar refractivity (Wildman–Crippen MR) is 164 cm³/mol. The van der Waals surface area contributed by atoms with Gasteiger partial charge >= 0.3 is 6.01 Å². The molecule has 1 unspecified atom stereocenters. The molecule has 9 nitrogen and oxygen atoms in total. The zero-order chi connectivity index (χ0) is 28.7. The lowest BCUT2D eigenvalue weighted by molar-refractivity contribution is -0.121. The van der Waals surface area contributed by atoms with Gasteiger partial charge < -0.3 is 25.0 Å². The molecule has 3 fully saturated rings. The molecule has 0 radical (unpaired) electrons. The third kappa shape index (κ3) is 5.07. The number of rotatable bonds is 8. The molecule has 222 valence electrons. The number of fused-ring (bicyclic) bond motifs is 3. The largest absolute Gasteiger partial charge is 0.461 e. The Hall–Kier alpha value is -3.43. The third-order valence-electron chi connectivity index (χ3n) is 9.86. The summed E-state index contributed by atoms with van der Waals surface area (Å²) in [6, 6.07) is 13.7. The minimum Gasteiger partial charge on any atom is -0.461 e. The molecule has 3 saturated heterocycles. The number of nitrogens with zero attached hydrogens (tertiary/aromatic N) is 5. The van der Waals surface area contributed by atoms with Crippen LogP contribution in [-0.2, 0) is 28.9 Å². The van der Waals surface area contributed by atoms with Crippen molar-refractivity contribution >= 4 is 28.2 Å². The fraction of sp³-hybridized carbons (Fsp3) is 0.545. The van der Waals surface area contributed by atoms with Crippen LogP contribution in [0.15, 0.2) is 36.4 Å². The van der Waals surface area contributed by atoms with Gasteiger partial charge in [0.15, 0.2) is 0 Å². The maximum atomic E-state index is 11.7. The minimum atomic E-state index is -0.343. The lowest BCUT2D eigenvalue weighted by Gasteiger charge is -2.37. The first kappa shape index (κ1) is 27.4. The molecular weight excluding hydrogens is 528 g/mol. The summed E-state index contributed by atoms with van der Waals surface area (Å²) in [4.78, 5) is 29.1. The maximum Gasteiger partial charge on any atom is 0.318 e. The van der Waals surface area contributed by atoms with Crippen molar-refractivity contribution < 1.29 is 14.3 Å². The molecule has 2 aromatic carbocycles. The van der Waals surface area contributed by atoms with Gasteiger partial charge in [0.1, 0.15) is 12.4 Å². The highest BCUT2D eigenvalue weighted by molar-refractivity contribution is 5.97. The van der Waals surface area contributed by atoms with E-state index >= 15 is 0 Å². The van der Waals surface area contributed by atoms with Crippen molar-refractivity contribution in [2.45, 2.75) is 70.1 Å². The highest BCUT2D eigenvalue weighted by atomic mass is 16.5. The molecular formula is C33H42N6O3. The van der Waals surface area contributed by atoms with Crippen LogP contribution in [0.5, 0.6) is 6.01 Å². The zero-order valence-corrected chi connectivity index (χ0v) is 24.7. The van der Waals surface area contributed by atoms with Crippen LogP contribution in [-0.4, -0.2) is 78.4 Å². The van der Waals surface area contributed by atoms with Gasteiger partial charge in [-0.25, -0.2) is 0 Å². The molecule has 4 aliphatic rings. The van der Waals surface area contributed by atoms with Gasteiger partial charge in [0.05, 0.1) is 36.9 Å². The number of hydrogen-bond donors (Lipinski definition) is 1. The van der Waals surface area contributed by atoms with E-state index in [1.165, 1.54) is 53.3 Å². The van der Waals surface area contributed by atoms with Gasteiger partial charge in [-0.3, -0.25) is 9.69 Å². The van der Waals surface area contributed by atoms with Gasteiger partial charge in [-0.2, -0.15) is 9.97 Å². The molecule has 0 spiro atoms. The number of nitrogens with two attached hydrogens (primary N) is 1. The normalized spacial score (nSPS) is 21.9. The molecule has 1 amide bonds. The third-order valence-corrected chi connectivity index (χ3v) is 9.86. The van der Waals surface area contributed by atoms with E-state index in [-0.39, 0.29) is 24.0 Å². The lowest BCUT2D eigenvalue weighted by Crippen LogP contribution is -2.46. The first-order valence-corrected chi connectivity index (χ1v) is 15.7. The Morgan fingerprint density at radius 3 is 2.67 bits per heavy atom. The Morgan fingerprint density at radius 2 is 1.88 bits per heavy atom. The first-order valence-electron chi connectivity index (χ1n) is 15.7. The Kier molecular flexibility index (Phi) is 7.40. The van der Waals surface area contributed by atoms with Crippen LogP contribution in [0.25, 0.3) is 10.8 Å². The second-order valence-electron chi connectivity index (χ2n) is 12.4. The number of carbonyl (C=O) groups is 1. The number of aryl methyl sites for hydroxylation is 1. The summed E-state index contributed by atoms with van der Waals surface area (Å²) in [5, 5.41) is 2.61. The number of aromatic nitrogens is 2. The number of morpholine rings is 1. The van der Waals surface area contributed by atoms with Crippen molar-refractivity contribution in [2.75, 3.05) is 55.7 Å². The molecule has 42 heavy (non-hydrogen) atoms. The van der Waals surface area contributed by atoms with Gasteiger partial charge in [-0.15, -0.1) is 0 Å². The van der Waals surface area contributed by atoms with Crippen molar-refractivity contribution in [1.82, 2.24) is 14.9 Å². The average molecular weight is 571 g/mol. The summed E-state index contributed by atoms with van der Waals surface area (Å²) in [7, 11) is 0. The van der Waals surface area contributed by atoms with Gasteiger partial charge in [0, 0.05) is 36.3 Å². The molecule has 3 aromatic rings. The molecule has 0 saturated carbocycles. The summed E-state index contributed by atoms with van der Waals surface area (Å²) >= 11 is 0. The smallest absolute Gasteiger partial charge is 0.318 e. The standard InChI is InChI=1S/C33H42N6O3/c1-2-23-7-3-8-24-9-4-10-28(30(23)24)37-16-11-26-27(21-37)35-32(42-22-33-12-5-14-39(33)15-6-13-33)36-31(26)38-17-18-41-25(20-38)19-29(34)40/h3-4,7-10,25H,2,5-6,11-22H2,1H3,(H2,34,40). The van der Waals surface area contributed by atoms with Crippen LogP contribution < -0.4 is 20.3 Å². The summed E-state index contributed by atoms with van der Waals surface area (Å²) in [5.74, 6) is 0.580.